The average molecular weight is 320 g/mol. The third kappa shape index (κ3) is 2.57. The van der Waals surface area contributed by atoms with Gasteiger partial charge in [-0.3, -0.25) is 9.36 Å². The average Bonchev–Trinajstić information content (AvgIpc) is 3.30. The van der Waals surface area contributed by atoms with Crippen molar-refractivity contribution >= 4 is 16.9 Å². The summed E-state index contributed by atoms with van der Waals surface area (Å²) >= 11 is 0. The zero-order chi connectivity index (χ0) is 16.5. The molecule has 1 saturated heterocycles. The molecule has 1 aromatic heterocycles. The van der Waals surface area contributed by atoms with Crippen molar-refractivity contribution in [3.05, 3.63) is 60.4 Å². The number of carbonyl (C=O) groups is 1. The summed E-state index contributed by atoms with van der Waals surface area (Å²) in [4.78, 5) is 18.9. The normalized spacial score (nSPS) is 17.3. The van der Waals surface area contributed by atoms with Gasteiger partial charge in [0.15, 0.2) is 0 Å². The molecule has 5 heteroatoms. The van der Waals surface area contributed by atoms with E-state index in [9.17, 15) is 4.79 Å². The number of amides is 1. The molecule has 1 atom stereocenters. The topological polar surface area (TPSA) is 50.2 Å². The quantitative estimate of drug-likeness (QED) is 0.806. The summed E-state index contributed by atoms with van der Waals surface area (Å²) in [6, 6.07) is 16.0. The van der Waals surface area contributed by atoms with Crippen molar-refractivity contribution in [2.24, 2.45) is 0 Å². The molecule has 2 aromatic carbocycles. The minimum Gasteiger partial charge on any atom is -0.337 e. The van der Waals surface area contributed by atoms with Crippen LogP contribution in [0.1, 0.15) is 16.8 Å². The Bertz CT molecular complexity index is 862. The van der Waals surface area contributed by atoms with Crippen molar-refractivity contribution in [2.45, 2.75) is 12.5 Å². The van der Waals surface area contributed by atoms with Gasteiger partial charge in [0.05, 0.1) is 11.0 Å². The molecule has 1 aliphatic heterocycles. The molecule has 1 N–H and O–H groups in total. The molecular weight excluding hydrogens is 300 g/mol. The van der Waals surface area contributed by atoms with Crippen molar-refractivity contribution in [3.63, 3.8) is 0 Å². The molecule has 0 bridgehead atoms. The van der Waals surface area contributed by atoms with Crippen LogP contribution in [0.15, 0.2) is 54.9 Å². The first-order valence-corrected chi connectivity index (χ1v) is 8.24. The molecule has 5 nitrogen and oxygen atoms in total. The van der Waals surface area contributed by atoms with Gasteiger partial charge in [-0.05, 0) is 49.4 Å². The Labute approximate surface area is 140 Å². The number of nitrogens with one attached hydrogen (secondary N) is 1. The highest BCUT2D eigenvalue weighted by atomic mass is 16.2. The van der Waals surface area contributed by atoms with Crippen LogP contribution in [0.25, 0.3) is 16.7 Å². The minimum absolute atomic E-state index is 0.0748. The van der Waals surface area contributed by atoms with Gasteiger partial charge >= 0.3 is 0 Å². The molecular formula is C19H20N4O. The molecule has 0 aliphatic carbocycles. The second-order valence-electron chi connectivity index (χ2n) is 6.21. The molecule has 1 unspecified atom stereocenters. The first kappa shape index (κ1) is 14.9. The Balaban J connectivity index is 1.59. The standard InChI is InChI=1S/C19H20N4O/c1-22(16-10-11-20-12-16)19(24)14-6-8-15(9-7-14)23-13-21-17-4-2-3-5-18(17)23/h2-9,13,16,20H,10-12H2,1H3. The van der Waals surface area contributed by atoms with Crippen molar-refractivity contribution in [3.8, 4) is 5.69 Å². The van der Waals surface area contributed by atoms with Crippen LogP contribution in [-0.2, 0) is 0 Å². The summed E-state index contributed by atoms with van der Waals surface area (Å²) in [7, 11) is 1.89. The Kier molecular flexibility index (Phi) is 3.78. The number of likely N-dealkylation sites (N-methyl/N-ethyl adjacent to an activating group) is 1. The third-order valence-electron chi connectivity index (χ3n) is 4.75. The summed E-state index contributed by atoms with van der Waals surface area (Å²) < 4.78 is 2.04. The van der Waals surface area contributed by atoms with Crippen molar-refractivity contribution in [1.82, 2.24) is 19.8 Å². The molecule has 0 spiro atoms. The van der Waals surface area contributed by atoms with Gasteiger partial charge in [0.2, 0.25) is 0 Å². The van der Waals surface area contributed by atoms with Crippen LogP contribution in [0.2, 0.25) is 0 Å². The van der Waals surface area contributed by atoms with E-state index >= 15 is 0 Å². The summed E-state index contributed by atoms with van der Waals surface area (Å²) in [5.41, 5.74) is 3.75. The molecule has 24 heavy (non-hydrogen) atoms. The highest BCUT2D eigenvalue weighted by molar-refractivity contribution is 5.94. The summed E-state index contributed by atoms with van der Waals surface area (Å²) in [5, 5.41) is 3.30. The van der Waals surface area contributed by atoms with Crippen LogP contribution >= 0.6 is 0 Å². The molecule has 1 aliphatic rings. The number of fused-ring (bicyclic) bond motifs is 1. The van der Waals surface area contributed by atoms with Crippen LogP contribution in [0.3, 0.4) is 0 Å². The Morgan fingerprint density at radius 2 is 2.00 bits per heavy atom. The molecule has 3 aromatic rings. The SMILES string of the molecule is CN(C(=O)c1ccc(-n2cnc3ccccc32)cc1)C1CCNC1. The van der Waals surface area contributed by atoms with E-state index < -0.39 is 0 Å². The fourth-order valence-electron chi connectivity index (χ4n) is 3.27. The second kappa shape index (κ2) is 6.09. The van der Waals surface area contributed by atoms with Gasteiger partial charge in [-0.1, -0.05) is 12.1 Å². The highest BCUT2D eigenvalue weighted by Gasteiger charge is 2.23. The minimum atomic E-state index is 0.0748. The Morgan fingerprint density at radius 3 is 2.75 bits per heavy atom. The molecule has 0 radical (unpaired) electrons. The van der Waals surface area contributed by atoms with Gasteiger partial charge in [-0.25, -0.2) is 4.98 Å². The molecule has 122 valence electrons. The predicted octanol–water partition coefficient (Wildman–Crippen LogP) is 2.46. The van der Waals surface area contributed by atoms with E-state index in [-0.39, 0.29) is 11.9 Å². The van der Waals surface area contributed by atoms with Crippen LogP contribution in [0, 0.1) is 0 Å². The van der Waals surface area contributed by atoms with Crippen LogP contribution in [0.4, 0.5) is 0 Å². The lowest BCUT2D eigenvalue weighted by atomic mass is 10.1. The molecule has 4 rings (SSSR count). The number of rotatable bonds is 3. The largest absolute Gasteiger partial charge is 0.337 e. The first-order valence-electron chi connectivity index (χ1n) is 8.24. The third-order valence-corrected chi connectivity index (χ3v) is 4.75. The maximum absolute atomic E-state index is 12.6. The molecule has 2 heterocycles. The zero-order valence-electron chi connectivity index (χ0n) is 13.6. The monoisotopic (exact) mass is 320 g/mol. The fraction of sp³-hybridized carbons (Fsp3) is 0.263. The molecule has 1 fully saturated rings. The maximum atomic E-state index is 12.6. The van der Waals surface area contributed by atoms with Gasteiger partial charge in [0, 0.05) is 30.9 Å². The van der Waals surface area contributed by atoms with Crippen molar-refractivity contribution in [2.75, 3.05) is 20.1 Å². The summed E-state index contributed by atoms with van der Waals surface area (Å²) in [5.74, 6) is 0.0748. The van der Waals surface area contributed by atoms with Gasteiger partial charge in [-0.15, -0.1) is 0 Å². The van der Waals surface area contributed by atoms with Crippen molar-refractivity contribution < 1.29 is 4.79 Å². The van der Waals surface area contributed by atoms with E-state index in [1.165, 1.54) is 0 Å². The number of aromatic nitrogens is 2. The number of imidazole rings is 1. The summed E-state index contributed by atoms with van der Waals surface area (Å²) in [6.45, 7) is 1.86. The van der Waals surface area contributed by atoms with Gasteiger partial charge in [0.25, 0.3) is 5.91 Å². The summed E-state index contributed by atoms with van der Waals surface area (Å²) in [6.07, 6.45) is 2.83. The second-order valence-corrected chi connectivity index (χ2v) is 6.21. The fourth-order valence-corrected chi connectivity index (χ4v) is 3.27. The van der Waals surface area contributed by atoms with Crippen LogP contribution in [0.5, 0.6) is 0 Å². The number of carbonyl (C=O) groups excluding carboxylic acids is 1. The Morgan fingerprint density at radius 1 is 1.21 bits per heavy atom. The highest BCUT2D eigenvalue weighted by Crippen LogP contribution is 2.19. The maximum Gasteiger partial charge on any atom is 0.253 e. The lowest BCUT2D eigenvalue weighted by Crippen LogP contribution is -2.38. The van der Waals surface area contributed by atoms with E-state index in [1.807, 2.05) is 71.4 Å². The van der Waals surface area contributed by atoms with Crippen LogP contribution in [-0.4, -0.2) is 46.5 Å². The first-order chi connectivity index (χ1) is 11.7. The van der Waals surface area contributed by atoms with E-state index in [0.29, 0.717) is 0 Å². The smallest absolute Gasteiger partial charge is 0.253 e. The van der Waals surface area contributed by atoms with Gasteiger partial charge in [-0.2, -0.15) is 0 Å². The number of para-hydroxylation sites is 2. The van der Waals surface area contributed by atoms with E-state index in [2.05, 4.69) is 10.3 Å². The van der Waals surface area contributed by atoms with Crippen LogP contribution < -0.4 is 5.32 Å². The number of nitrogens with zero attached hydrogens (tertiary/aromatic N) is 3. The zero-order valence-corrected chi connectivity index (χ0v) is 13.6. The van der Waals surface area contributed by atoms with E-state index in [1.54, 1.807) is 0 Å². The Hall–Kier alpha value is -2.66. The van der Waals surface area contributed by atoms with Gasteiger partial charge in [0.1, 0.15) is 6.33 Å². The molecule has 1 amide bonds. The number of benzene rings is 2. The number of hydrogen-bond donors (Lipinski definition) is 1. The predicted molar refractivity (Wildman–Crippen MR) is 94.4 cm³/mol. The van der Waals surface area contributed by atoms with E-state index in [4.69, 9.17) is 0 Å². The van der Waals surface area contributed by atoms with E-state index in [0.717, 1.165) is 41.8 Å². The lowest BCUT2D eigenvalue weighted by Gasteiger charge is -2.23. The number of hydrogen-bond acceptors (Lipinski definition) is 3. The lowest BCUT2D eigenvalue weighted by molar-refractivity contribution is 0.0744. The molecule has 0 saturated carbocycles. The van der Waals surface area contributed by atoms with Crippen molar-refractivity contribution in [1.29, 1.82) is 0 Å². The van der Waals surface area contributed by atoms with Gasteiger partial charge < -0.3 is 10.2 Å².